The van der Waals surface area contributed by atoms with Crippen LogP contribution in [0.4, 0.5) is 0 Å². The molecule has 0 saturated heterocycles. The minimum Gasteiger partial charge on any atom is -0.481 e. The number of amides is 1. The zero-order valence-electron chi connectivity index (χ0n) is 19.8. The number of carboxylic acids is 1. The number of carbonyl (C=O) groups excluding carboxylic acids is 1. The Labute approximate surface area is 207 Å². The van der Waals surface area contributed by atoms with Crippen LogP contribution in [0, 0.1) is 12.8 Å². The number of carboxylic acid groups (broad SMARTS) is 1. The van der Waals surface area contributed by atoms with Crippen LogP contribution in [0.5, 0.6) is 0 Å². The van der Waals surface area contributed by atoms with E-state index in [4.69, 9.17) is 0 Å². The molecule has 7 heteroatoms. The smallest absolute Gasteiger partial charge is 0.307 e. The minimum absolute atomic E-state index is 0.0849. The van der Waals surface area contributed by atoms with E-state index in [0.717, 1.165) is 40.8 Å². The summed E-state index contributed by atoms with van der Waals surface area (Å²) in [5.74, 6) is -1.29. The predicted molar refractivity (Wildman–Crippen MR) is 136 cm³/mol. The molecule has 2 saturated carbocycles. The van der Waals surface area contributed by atoms with E-state index < -0.39 is 5.97 Å². The fourth-order valence-electron chi connectivity index (χ4n) is 4.93. The van der Waals surface area contributed by atoms with Gasteiger partial charge in [0.05, 0.1) is 11.3 Å². The van der Waals surface area contributed by atoms with E-state index in [1.54, 1.807) is 29.1 Å². The van der Waals surface area contributed by atoms with Crippen LogP contribution in [-0.2, 0) is 4.79 Å². The molecule has 4 aromatic rings. The highest BCUT2D eigenvalue weighted by atomic mass is 16.4. The Morgan fingerprint density at radius 2 is 1.86 bits per heavy atom. The summed E-state index contributed by atoms with van der Waals surface area (Å²) in [6.45, 7) is 2.02. The Bertz CT molecular complexity index is 1600. The van der Waals surface area contributed by atoms with Crippen molar-refractivity contribution in [3.05, 3.63) is 93.9 Å². The molecular formula is C29H25N3O4. The summed E-state index contributed by atoms with van der Waals surface area (Å²) in [5.41, 5.74) is 5.19. The molecule has 0 aliphatic heterocycles. The van der Waals surface area contributed by atoms with Gasteiger partial charge in [0.2, 0.25) is 5.43 Å². The second kappa shape index (κ2) is 8.45. The zero-order chi connectivity index (χ0) is 25.0. The van der Waals surface area contributed by atoms with E-state index in [0.29, 0.717) is 17.5 Å². The summed E-state index contributed by atoms with van der Waals surface area (Å²) in [4.78, 5) is 41.7. The molecule has 0 unspecified atom stereocenters. The number of hydrogen-bond acceptors (Lipinski definition) is 4. The van der Waals surface area contributed by atoms with Gasteiger partial charge in [-0.2, -0.15) is 0 Å². The number of carbonyl (C=O) groups is 2. The van der Waals surface area contributed by atoms with E-state index in [9.17, 15) is 19.5 Å². The van der Waals surface area contributed by atoms with Crippen LogP contribution in [0.1, 0.15) is 46.7 Å². The summed E-state index contributed by atoms with van der Waals surface area (Å²) in [5, 5.41) is 12.6. The third-order valence-electron chi connectivity index (χ3n) is 7.15. The molecule has 1 amide bonds. The van der Waals surface area contributed by atoms with Crippen molar-refractivity contribution in [1.82, 2.24) is 14.9 Å². The number of aromatic nitrogens is 2. The predicted octanol–water partition coefficient (Wildman–Crippen LogP) is 4.44. The lowest BCUT2D eigenvalue weighted by Gasteiger charge is -2.14. The van der Waals surface area contributed by atoms with E-state index >= 15 is 0 Å². The molecule has 6 rings (SSSR count). The first-order valence-corrected chi connectivity index (χ1v) is 12.2. The van der Waals surface area contributed by atoms with Gasteiger partial charge in [0.15, 0.2) is 0 Å². The number of hydrogen-bond donors (Lipinski definition) is 2. The molecule has 2 N–H and O–H groups in total. The molecule has 2 atom stereocenters. The van der Waals surface area contributed by atoms with Gasteiger partial charge in [-0.25, -0.2) is 4.98 Å². The number of benzene rings is 2. The normalized spacial score (nSPS) is 18.7. The van der Waals surface area contributed by atoms with Crippen LogP contribution in [0.25, 0.3) is 27.8 Å². The Morgan fingerprint density at radius 1 is 1.06 bits per heavy atom. The Kier molecular flexibility index (Phi) is 5.21. The second-order valence-electron chi connectivity index (χ2n) is 9.77. The molecular weight excluding hydrogens is 454 g/mol. The van der Waals surface area contributed by atoms with Crippen molar-refractivity contribution in [1.29, 1.82) is 0 Å². The Balaban J connectivity index is 1.41. The van der Waals surface area contributed by atoms with Crippen molar-refractivity contribution in [3.63, 3.8) is 0 Å². The Hall–Kier alpha value is -4.26. The van der Waals surface area contributed by atoms with Gasteiger partial charge in [-0.3, -0.25) is 14.4 Å². The van der Waals surface area contributed by atoms with Gasteiger partial charge in [-0.05, 0) is 78.6 Å². The topological polar surface area (TPSA) is 101 Å². The van der Waals surface area contributed by atoms with Crippen LogP contribution in [0.15, 0.2) is 71.8 Å². The van der Waals surface area contributed by atoms with E-state index in [-0.39, 0.29) is 34.8 Å². The molecule has 0 bridgehead atoms. The fraction of sp³-hybridized carbons (Fsp3) is 0.241. The maximum Gasteiger partial charge on any atom is 0.307 e. The third-order valence-corrected chi connectivity index (χ3v) is 7.15. The largest absolute Gasteiger partial charge is 0.481 e. The average Bonchev–Trinajstić information content (AvgIpc) is 3.80. The van der Waals surface area contributed by atoms with Gasteiger partial charge in [0.25, 0.3) is 5.91 Å². The minimum atomic E-state index is -0.733. The lowest BCUT2D eigenvalue weighted by molar-refractivity contribution is -0.138. The van der Waals surface area contributed by atoms with E-state index in [2.05, 4.69) is 16.4 Å². The Morgan fingerprint density at radius 3 is 2.58 bits per heavy atom. The van der Waals surface area contributed by atoms with Crippen LogP contribution < -0.4 is 10.7 Å². The summed E-state index contributed by atoms with van der Waals surface area (Å²) >= 11 is 0. The number of aliphatic carboxylic acids is 1. The summed E-state index contributed by atoms with van der Waals surface area (Å²) in [6, 6.07) is 17.6. The van der Waals surface area contributed by atoms with Gasteiger partial charge in [-0.15, -0.1) is 0 Å². The SMILES string of the molecule is Cc1cc(-c2cccc(-n3cc(C(=O)NC4CC4)c(=O)c4cccnc43)c2)ccc1[C@@H]1C[C@H]1C(=O)O. The molecule has 0 spiro atoms. The quantitative estimate of drug-likeness (QED) is 0.426. The highest BCUT2D eigenvalue weighted by molar-refractivity contribution is 5.97. The van der Waals surface area contributed by atoms with Gasteiger partial charge in [0.1, 0.15) is 11.2 Å². The van der Waals surface area contributed by atoms with Crippen LogP contribution in [0.2, 0.25) is 0 Å². The standard InChI is InChI=1S/C29H25N3O4/c1-16-12-18(7-10-21(16)23-14-24(23)29(35)36)17-4-2-5-20(13-17)32-15-25(28(34)31-19-8-9-19)26(33)22-6-3-11-30-27(22)32/h2-7,10-13,15,19,23-24H,8-9,14H2,1H3,(H,31,34)(H,35,36)/t23-,24+/m0/s1. The molecule has 2 heterocycles. The van der Waals surface area contributed by atoms with E-state index in [1.807, 2.05) is 43.3 Å². The molecule has 2 aliphatic rings. The molecule has 180 valence electrons. The molecule has 2 aromatic carbocycles. The fourth-order valence-corrected chi connectivity index (χ4v) is 4.93. The van der Waals surface area contributed by atoms with Crippen molar-refractivity contribution in [3.8, 4) is 16.8 Å². The number of aryl methyl sites for hydroxylation is 1. The van der Waals surface area contributed by atoms with Crippen molar-refractivity contribution >= 4 is 22.9 Å². The van der Waals surface area contributed by atoms with Crippen LogP contribution in [-0.4, -0.2) is 32.6 Å². The van der Waals surface area contributed by atoms with Crippen LogP contribution >= 0.6 is 0 Å². The number of fused-ring (bicyclic) bond motifs is 1. The highest BCUT2D eigenvalue weighted by Gasteiger charge is 2.44. The van der Waals surface area contributed by atoms with Crippen molar-refractivity contribution in [2.75, 3.05) is 0 Å². The lowest BCUT2D eigenvalue weighted by atomic mass is 9.96. The molecule has 36 heavy (non-hydrogen) atoms. The number of nitrogens with zero attached hydrogens (tertiary/aromatic N) is 2. The van der Waals surface area contributed by atoms with Gasteiger partial charge < -0.3 is 15.0 Å². The van der Waals surface area contributed by atoms with Crippen molar-refractivity contribution in [2.24, 2.45) is 5.92 Å². The number of rotatable bonds is 6. The average molecular weight is 480 g/mol. The van der Waals surface area contributed by atoms with Gasteiger partial charge in [-0.1, -0.05) is 30.3 Å². The maximum atomic E-state index is 13.1. The van der Waals surface area contributed by atoms with Gasteiger partial charge in [0, 0.05) is 24.1 Å². The molecule has 7 nitrogen and oxygen atoms in total. The summed E-state index contributed by atoms with van der Waals surface area (Å²) < 4.78 is 1.80. The molecule has 2 fully saturated rings. The number of nitrogens with one attached hydrogen (secondary N) is 1. The monoisotopic (exact) mass is 479 g/mol. The second-order valence-corrected chi connectivity index (χ2v) is 9.77. The first-order valence-electron chi connectivity index (χ1n) is 12.2. The molecule has 2 aromatic heterocycles. The van der Waals surface area contributed by atoms with Crippen molar-refractivity contribution in [2.45, 2.75) is 38.1 Å². The number of pyridine rings is 2. The third kappa shape index (κ3) is 3.96. The highest BCUT2D eigenvalue weighted by Crippen LogP contribution is 2.49. The zero-order valence-corrected chi connectivity index (χ0v) is 19.8. The van der Waals surface area contributed by atoms with Crippen molar-refractivity contribution < 1.29 is 14.7 Å². The summed E-state index contributed by atoms with van der Waals surface area (Å²) in [6.07, 6.45) is 5.78. The first kappa shape index (κ1) is 22.2. The van der Waals surface area contributed by atoms with Crippen LogP contribution in [0.3, 0.4) is 0 Å². The lowest BCUT2D eigenvalue weighted by Crippen LogP contribution is -2.31. The molecule has 0 radical (unpaired) electrons. The molecule has 2 aliphatic carbocycles. The maximum absolute atomic E-state index is 13.1. The van der Waals surface area contributed by atoms with E-state index in [1.165, 1.54) is 0 Å². The first-order chi connectivity index (χ1) is 17.4. The summed E-state index contributed by atoms with van der Waals surface area (Å²) in [7, 11) is 0. The van der Waals surface area contributed by atoms with Gasteiger partial charge >= 0.3 is 5.97 Å².